The molecule has 0 N–H and O–H groups in total. The Labute approximate surface area is 143 Å². The number of rotatable bonds is 6. The Morgan fingerprint density at radius 3 is 1.32 bits per heavy atom. The van der Waals surface area contributed by atoms with E-state index in [1.54, 1.807) is 52.0 Å². The van der Waals surface area contributed by atoms with Crippen molar-refractivity contribution in [3.05, 3.63) is 0 Å². The lowest BCUT2D eigenvalue weighted by Crippen LogP contribution is -2.58. The number of thioether (sulfide) groups is 2. The molecule has 1 saturated carbocycles. The van der Waals surface area contributed by atoms with Crippen LogP contribution in [0.2, 0.25) is 0 Å². The average Bonchev–Trinajstić information content (AvgIpc) is 2.93. The summed E-state index contributed by atoms with van der Waals surface area (Å²) < 4.78 is 46.1. The van der Waals surface area contributed by atoms with Crippen LogP contribution in [-0.2, 0) is 40.5 Å². The summed E-state index contributed by atoms with van der Waals surface area (Å²) in [4.78, 5) is 0. The fourth-order valence-electron chi connectivity index (χ4n) is 3.15. The van der Waals surface area contributed by atoms with Crippen molar-refractivity contribution in [3.8, 4) is 0 Å². The molecule has 3 fully saturated rings. The zero-order chi connectivity index (χ0) is 16.0. The minimum Gasteiger partial charge on any atom is -0.354 e. The molecular formula is C12H20O6S4. The Hall–Kier alpha value is 0.840. The van der Waals surface area contributed by atoms with Gasteiger partial charge in [-0.25, -0.2) is 0 Å². The maximum absolute atomic E-state index is 12.7. The standard InChI is InChI=1S/C12H20O6S4/c1-15-9(16-2)11-19-5-7(21(11)13)6-8(5)22(14)12(20-6)10(17-3)18-4/h5-12H,1-4H3/t5?,6?,7?,8?,11-,12-,21?,22?/m0/s1. The Kier molecular flexibility index (Phi) is 5.61. The second kappa shape index (κ2) is 6.99. The first kappa shape index (κ1) is 17.7. The first-order chi connectivity index (χ1) is 10.6. The Balaban J connectivity index is 1.74. The molecule has 3 rings (SSSR count). The average molecular weight is 389 g/mol. The maximum atomic E-state index is 12.7. The molecule has 128 valence electrons. The molecule has 0 amide bonds. The molecule has 0 aromatic rings. The fourth-order valence-corrected chi connectivity index (χ4v) is 13.9. The molecule has 2 heterocycles. The van der Waals surface area contributed by atoms with Crippen molar-refractivity contribution in [3.63, 3.8) is 0 Å². The third kappa shape index (κ3) is 2.54. The molecule has 0 spiro atoms. The van der Waals surface area contributed by atoms with Crippen LogP contribution in [0.4, 0.5) is 0 Å². The van der Waals surface area contributed by atoms with Crippen LogP contribution < -0.4 is 0 Å². The molecule has 0 radical (unpaired) electrons. The lowest BCUT2D eigenvalue weighted by Gasteiger charge is -2.40. The van der Waals surface area contributed by atoms with Crippen LogP contribution in [-0.4, -0.2) is 79.6 Å². The first-order valence-corrected chi connectivity index (χ1v) is 11.2. The van der Waals surface area contributed by atoms with Crippen molar-refractivity contribution in [2.45, 2.75) is 42.7 Å². The van der Waals surface area contributed by atoms with Gasteiger partial charge in [-0.15, -0.1) is 23.5 Å². The van der Waals surface area contributed by atoms with Crippen LogP contribution in [0.15, 0.2) is 0 Å². The summed E-state index contributed by atoms with van der Waals surface area (Å²) in [7, 11) is 4.09. The van der Waals surface area contributed by atoms with Crippen LogP contribution in [0.5, 0.6) is 0 Å². The van der Waals surface area contributed by atoms with E-state index >= 15 is 0 Å². The molecule has 2 aliphatic heterocycles. The predicted molar refractivity (Wildman–Crippen MR) is 89.8 cm³/mol. The maximum Gasteiger partial charge on any atom is 0.180 e. The summed E-state index contributed by atoms with van der Waals surface area (Å²) in [6, 6.07) is 0. The quantitative estimate of drug-likeness (QED) is 0.604. The van der Waals surface area contributed by atoms with Gasteiger partial charge < -0.3 is 18.9 Å². The van der Waals surface area contributed by atoms with E-state index in [1.807, 2.05) is 0 Å². The van der Waals surface area contributed by atoms with Gasteiger partial charge in [0.15, 0.2) is 12.6 Å². The van der Waals surface area contributed by atoms with Crippen LogP contribution in [0, 0.1) is 0 Å². The van der Waals surface area contributed by atoms with E-state index in [-0.39, 0.29) is 30.2 Å². The van der Waals surface area contributed by atoms with Gasteiger partial charge >= 0.3 is 0 Å². The monoisotopic (exact) mass is 388 g/mol. The van der Waals surface area contributed by atoms with Gasteiger partial charge in [-0.05, 0) is 0 Å². The summed E-state index contributed by atoms with van der Waals surface area (Å²) >= 11 is 3.19. The van der Waals surface area contributed by atoms with Gasteiger partial charge in [-0.2, -0.15) is 0 Å². The smallest absolute Gasteiger partial charge is 0.180 e. The van der Waals surface area contributed by atoms with E-state index in [0.29, 0.717) is 0 Å². The van der Waals surface area contributed by atoms with Gasteiger partial charge in [0, 0.05) is 60.5 Å². The van der Waals surface area contributed by atoms with Crippen LogP contribution >= 0.6 is 23.5 Å². The SMILES string of the molecule is COC(OC)[C@H]1SC2C(C3S[C@H](C(OC)OC)S(=O)C23)S1=O. The highest BCUT2D eigenvalue weighted by atomic mass is 32.2. The van der Waals surface area contributed by atoms with Gasteiger partial charge in [0.05, 0.1) is 10.5 Å². The van der Waals surface area contributed by atoms with Crippen molar-refractivity contribution >= 4 is 45.1 Å². The molecule has 10 heteroatoms. The Morgan fingerprint density at radius 1 is 0.727 bits per heavy atom. The number of fused-ring (bicyclic) bond motifs is 4. The van der Waals surface area contributed by atoms with E-state index < -0.39 is 34.2 Å². The number of ether oxygens (including phenoxy) is 4. The van der Waals surface area contributed by atoms with E-state index in [9.17, 15) is 8.42 Å². The van der Waals surface area contributed by atoms with Crippen LogP contribution in [0.25, 0.3) is 0 Å². The Bertz CT molecular complexity index is 419. The van der Waals surface area contributed by atoms with E-state index in [2.05, 4.69) is 0 Å². The van der Waals surface area contributed by atoms with E-state index in [4.69, 9.17) is 18.9 Å². The number of hydrogen-bond acceptors (Lipinski definition) is 8. The molecule has 6 nitrogen and oxygen atoms in total. The number of methoxy groups -OCH3 is 4. The predicted octanol–water partition coefficient (Wildman–Crippen LogP) is 0.355. The zero-order valence-electron chi connectivity index (χ0n) is 12.7. The first-order valence-electron chi connectivity index (χ1n) is 6.79. The molecule has 22 heavy (non-hydrogen) atoms. The minimum atomic E-state index is -1.06. The van der Waals surface area contributed by atoms with Crippen molar-refractivity contribution in [1.82, 2.24) is 0 Å². The van der Waals surface area contributed by atoms with Crippen LogP contribution in [0.3, 0.4) is 0 Å². The van der Waals surface area contributed by atoms with Crippen LogP contribution in [0.1, 0.15) is 0 Å². The van der Waals surface area contributed by atoms with Crippen molar-refractivity contribution < 1.29 is 27.4 Å². The summed E-state index contributed by atoms with van der Waals surface area (Å²) in [6.07, 6.45) is -0.978. The molecule has 2 unspecified atom stereocenters. The normalized spacial score (nSPS) is 46.8. The summed E-state index contributed by atoms with van der Waals surface area (Å²) in [5.41, 5.74) is 0. The fraction of sp³-hybridized carbons (Fsp3) is 1.00. The van der Waals surface area contributed by atoms with Crippen molar-refractivity contribution in [2.75, 3.05) is 28.4 Å². The van der Waals surface area contributed by atoms with Gasteiger partial charge in [-0.3, -0.25) is 8.42 Å². The Morgan fingerprint density at radius 2 is 1.05 bits per heavy atom. The van der Waals surface area contributed by atoms with Gasteiger partial charge in [0.25, 0.3) is 0 Å². The molecule has 0 aromatic heterocycles. The third-order valence-electron chi connectivity index (χ3n) is 4.25. The molecule has 4 atom stereocenters. The zero-order valence-corrected chi connectivity index (χ0v) is 16.0. The summed E-state index contributed by atoms with van der Waals surface area (Å²) in [5.74, 6) is 0. The van der Waals surface area contributed by atoms with Crippen molar-refractivity contribution in [2.24, 2.45) is 0 Å². The molecule has 3 aliphatic rings. The summed E-state index contributed by atoms with van der Waals surface area (Å²) in [5, 5.41) is 0.356. The molecule has 2 saturated heterocycles. The highest BCUT2D eigenvalue weighted by Crippen LogP contribution is 2.60. The minimum absolute atomic E-state index is 0.0427. The lowest BCUT2D eigenvalue weighted by molar-refractivity contribution is -0.0900. The topological polar surface area (TPSA) is 71.1 Å². The van der Waals surface area contributed by atoms with Gasteiger partial charge in [0.1, 0.15) is 9.16 Å². The molecule has 1 aliphatic carbocycles. The van der Waals surface area contributed by atoms with Crippen molar-refractivity contribution in [1.29, 1.82) is 0 Å². The molecule has 0 aromatic carbocycles. The largest absolute Gasteiger partial charge is 0.354 e. The highest BCUT2D eigenvalue weighted by Gasteiger charge is 2.68. The number of hydrogen-bond donors (Lipinski definition) is 0. The second-order valence-electron chi connectivity index (χ2n) is 5.20. The molecular weight excluding hydrogens is 368 g/mol. The third-order valence-corrected chi connectivity index (χ3v) is 13.1. The van der Waals surface area contributed by atoms with Gasteiger partial charge in [0.2, 0.25) is 0 Å². The van der Waals surface area contributed by atoms with E-state index in [0.717, 1.165) is 0 Å². The van der Waals surface area contributed by atoms with Gasteiger partial charge in [-0.1, -0.05) is 0 Å². The second-order valence-corrected chi connectivity index (χ2v) is 11.9. The molecule has 0 bridgehead atoms. The lowest BCUT2D eigenvalue weighted by atomic mass is 9.97. The van der Waals surface area contributed by atoms with E-state index in [1.165, 1.54) is 0 Å². The highest BCUT2D eigenvalue weighted by molar-refractivity contribution is 8.20. The summed E-state index contributed by atoms with van der Waals surface area (Å²) in [6.45, 7) is 0.